The predicted octanol–water partition coefficient (Wildman–Crippen LogP) is 3.15. The van der Waals surface area contributed by atoms with Gasteiger partial charge in [0.1, 0.15) is 0 Å². The van der Waals surface area contributed by atoms with E-state index in [0.717, 1.165) is 25.8 Å². The summed E-state index contributed by atoms with van der Waals surface area (Å²) >= 11 is 0. The fourth-order valence-corrected chi connectivity index (χ4v) is 2.67. The van der Waals surface area contributed by atoms with E-state index in [2.05, 4.69) is 23.0 Å². The summed E-state index contributed by atoms with van der Waals surface area (Å²) in [5, 5.41) is 8.99. The molecule has 2 rings (SSSR count). The second-order valence-corrected chi connectivity index (χ2v) is 6.07. The summed E-state index contributed by atoms with van der Waals surface area (Å²) in [7, 11) is 0. The number of fused-ring (bicyclic) bond motifs is 1. The Morgan fingerprint density at radius 1 is 1.50 bits per heavy atom. The normalized spacial score (nSPS) is 19.3. The monoisotopic (exact) mass is 245 g/mol. The van der Waals surface area contributed by atoms with Crippen LogP contribution in [0.3, 0.4) is 0 Å². The van der Waals surface area contributed by atoms with Crippen molar-refractivity contribution in [3.63, 3.8) is 0 Å². The van der Waals surface area contributed by atoms with Crippen LogP contribution in [0.1, 0.15) is 56.7 Å². The van der Waals surface area contributed by atoms with Gasteiger partial charge in [0.2, 0.25) is 0 Å². The van der Waals surface area contributed by atoms with Crippen LogP contribution in [0.2, 0.25) is 0 Å². The van der Waals surface area contributed by atoms with Crippen LogP contribution in [-0.4, -0.2) is 4.57 Å². The quantitative estimate of drug-likeness (QED) is 0.886. The number of rotatable bonds is 4. The highest BCUT2D eigenvalue weighted by atomic mass is 14.9. The molecule has 2 N–H and O–H groups in total. The number of nitrogens with zero attached hydrogens (tertiary/aromatic N) is 2. The zero-order valence-electron chi connectivity index (χ0n) is 11.4. The third-order valence-corrected chi connectivity index (χ3v) is 3.88. The van der Waals surface area contributed by atoms with E-state index in [-0.39, 0.29) is 11.5 Å². The summed E-state index contributed by atoms with van der Waals surface area (Å²) in [5.41, 5.74) is 8.68. The maximum absolute atomic E-state index is 8.99. The van der Waals surface area contributed by atoms with Crippen LogP contribution in [0.4, 0.5) is 0 Å². The van der Waals surface area contributed by atoms with Crippen LogP contribution in [0.25, 0.3) is 0 Å². The van der Waals surface area contributed by atoms with Gasteiger partial charge < -0.3 is 10.3 Å². The van der Waals surface area contributed by atoms with Gasteiger partial charge in [-0.2, -0.15) is 5.26 Å². The molecule has 1 unspecified atom stereocenters. The molecule has 0 saturated heterocycles. The number of aromatic nitrogens is 1. The van der Waals surface area contributed by atoms with Crippen LogP contribution in [-0.2, 0) is 13.0 Å². The molecule has 0 fully saturated rings. The van der Waals surface area contributed by atoms with E-state index in [1.807, 2.05) is 13.8 Å². The Bertz CT molecular complexity index is 451. The number of hydrogen-bond acceptors (Lipinski definition) is 2. The number of nitriles is 1. The van der Waals surface area contributed by atoms with E-state index >= 15 is 0 Å². The minimum atomic E-state index is -0.205. The fraction of sp³-hybridized carbons (Fsp3) is 0.667. The highest BCUT2D eigenvalue weighted by molar-refractivity contribution is 5.29. The third kappa shape index (κ3) is 2.94. The van der Waals surface area contributed by atoms with Crippen LogP contribution in [0, 0.1) is 16.7 Å². The molecule has 0 spiro atoms. The first-order chi connectivity index (χ1) is 8.52. The van der Waals surface area contributed by atoms with Crippen molar-refractivity contribution in [1.82, 2.24) is 4.57 Å². The number of nitrogens with two attached hydrogens (primary N) is 1. The molecule has 1 aromatic rings. The summed E-state index contributed by atoms with van der Waals surface area (Å²) in [6.45, 7) is 5.00. The molecule has 0 aliphatic heterocycles. The van der Waals surface area contributed by atoms with Crippen molar-refractivity contribution < 1.29 is 0 Å². The minimum Gasteiger partial charge on any atom is -0.354 e. The lowest BCUT2D eigenvalue weighted by molar-refractivity contribution is 0.415. The second-order valence-electron chi connectivity index (χ2n) is 6.07. The highest BCUT2D eigenvalue weighted by Gasteiger charge is 2.19. The van der Waals surface area contributed by atoms with Crippen LogP contribution < -0.4 is 5.73 Å². The molecule has 0 radical (unpaired) electrons. The van der Waals surface area contributed by atoms with E-state index in [4.69, 9.17) is 11.0 Å². The Kier molecular flexibility index (Phi) is 3.77. The maximum atomic E-state index is 8.99. The van der Waals surface area contributed by atoms with Crippen molar-refractivity contribution in [2.24, 2.45) is 11.1 Å². The first-order valence-corrected chi connectivity index (χ1v) is 6.87. The van der Waals surface area contributed by atoms with Gasteiger partial charge in [-0.1, -0.05) is 0 Å². The predicted molar refractivity (Wildman–Crippen MR) is 72.9 cm³/mol. The molecule has 1 heterocycles. The van der Waals surface area contributed by atoms with Gasteiger partial charge >= 0.3 is 0 Å². The lowest BCUT2D eigenvalue weighted by Gasteiger charge is -2.17. The SMILES string of the molecule is CC(C)(C#N)CCCn1cc2c(c1)C(N)CCC2. The van der Waals surface area contributed by atoms with E-state index in [9.17, 15) is 0 Å². The van der Waals surface area contributed by atoms with Gasteiger partial charge in [-0.05, 0) is 57.1 Å². The van der Waals surface area contributed by atoms with E-state index in [0.29, 0.717) is 0 Å². The summed E-state index contributed by atoms with van der Waals surface area (Å²) < 4.78 is 2.25. The molecule has 0 aromatic carbocycles. The summed E-state index contributed by atoms with van der Waals surface area (Å²) in [5.74, 6) is 0. The molecule has 1 aliphatic rings. The lowest BCUT2D eigenvalue weighted by Crippen LogP contribution is -2.15. The zero-order chi connectivity index (χ0) is 13.2. The van der Waals surface area contributed by atoms with Gasteiger partial charge in [0.25, 0.3) is 0 Å². The van der Waals surface area contributed by atoms with Crippen molar-refractivity contribution in [3.05, 3.63) is 23.5 Å². The fourth-order valence-electron chi connectivity index (χ4n) is 2.67. The average molecular weight is 245 g/mol. The Morgan fingerprint density at radius 2 is 2.28 bits per heavy atom. The smallest absolute Gasteiger partial charge is 0.0683 e. The first-order valence-electron chi connectivity index (χ1n) is 6.87. The van der Waals surface area contributed by atoms with Crippen molar-refractivity contribution in [3.8, 4) is 6.07 Å². The van der Waals surface area contributed by atoms with E-state index < -0.39 is 0 Å². The van der Waals surface area contributed by atoms with Gasteiger partial charge in [0, 0.05) is 25.0 Å². The average Bonchev–Trinajstić information content (AvgIpc) is 2.73. The second kappa shape index (κ2) is 5.16. The van der Waals surface area contributed by atoms with Crippen LogP contribution in [0.15, 0.2) is 12.4 Å². The number of hydrogen-bond donors (Lipinski definition) is 1. The Morgan fingerprint density at radius 3 is 2.94 bits per heavy atom. The first kappa shape index (κ1) is 13.2. The highest BCUT2D eigenvalue weighted by Crippen LogP contribution is 2.29. The van der Waals surface area contributed by atoms with Crippen LogP contribution in [0.5, 0.6) is 0 Å². The largest absolute Gasteiger partial charge is 0.354 e. The van der Waals surface area contributed by atoms with Crippen LogP contribution >= 0.6 is 0 Å². The molecular formula is C15H23N3. The summed E-state index contributed by atoms with van der Waals surface area (Å²) in [6, 6.07) is 2.58. The summed E-state index contributed by atoms with van der Waals surface area (Å²) in [6.07, 6.45) is 9.92. The third-order valence-electron chi connectivity index (χ3n) is 3.88. The Labute approximate surface area is 110 Å². The molecule has 1 aliphatic carbocycles. The topological polar surface area (TPSA) is 54.7 Å². The standard InChI is InChI=1S/C15H23N3/c1-15(2,11-16)7-4-8-18-9-12-5-3-6-14(17)13(12)10-18/h9-10,14H,3-8,17H2,1-2H3. The maximum Gasteiger partial charge on any atom is 0.0683 e. The van der Waals surface area contributed by atoms with Gasteiger partial charge in [0.05, 0.1) is 11.5 Å². The van der Waals surface area contributed by atoms with Crippen molar-refractivity contribution >= 4 is 0 Å². The van der Waals surface area contributed by atoms with E-state index in [1.54, 1.807) is 0 Å². The Hall–Kier alpha value is -1.27. The molecule has 98 valence electrons. The molecule has 0 amide bonds. The van der Waals surface area contributed by atoms with Gasteiger partial charge in [-0.25, -0.2) is 0 Å². The molecule has 1 atom stereocenters. The molecule has 3 heteroatoms. The minimum absolute atomic E-state index is 0.205. The zero-order valence-corrected chi connectivity index (χ0v) is 11.4. The molecular weight excluding hydrogens is 222 g/mol. The molecule has 1 aromatic heterocycles. The van der Waals surface area contributed by atoms with Crippen molar-refractivity contribution in [2.45, 2.75) is 58.5 Å². The van der Waals surface area contributed by atoms with Gasteiger partial charge in [-0.15, -0.1) is 0 Å². The van der Waals surface area contributed by atoms with Crippen molar-refractivity contribution in [1.29, 1.82) is 5.26 Å². The Balaban J connectivity index is 1.94. The molecule has 0 bridgehead atoms. The van der Waals surface area contributed by atoms with Gasteiger partial charge in [-0.3, -0.25) is 0 Å². The molecule has 18 heavy (non-hydrogen) atoms. The van der Waals surface area contributed by atoms with Gasteiger partial charge in [0.15, 0.2) is 0 Å². The van der Waals surface area contributed by atoms with Crippen molar-refractivity contribution in [2.75, 3.05) is 0 Å². The molecule has 0 saturated carbocycles. The molecule has 3 nitrogen and oxygen atoms in total. The van der Waals surface area contributed by atoms with E-state index in [1.165, 1.54) is 24.0 Å². The lowest BCUT2D eigenvalue weighted by atomic mass is 9.90. The summed E-state index contributed by atoms with van der Waals surface area (Å²) in [4.78, 5) is 0. The number of aryl methyl sites for hydroxylation is 2.